The third-order valence-electron chi connectivity index (χ3n) is 4.68. The summed E-state index contributed by atoms with van der Waals surface area (Å²) in [5.74, 6) is -0.326. The molecule has 0 saturated carbocycles. The topological polar surface area (TPSA) is 96.4 Å². The summed E-state index contributed by atoms with van der Waals surface area (Å²) in [5.41, 5.74) is 0.724. The SMILES string of the molecule is CCOc1cc(/C=C2/SC(=S)N(CCCC(=O)O)C2=O)ccc1OCC(=O)N(CC)CC. The van der Waals surface area contributed by atoms with Gasteiger partial charge in [0.05, 0.1) is 11.5 Å². The molecule has 10 heteroatoms. The molecule has 0 aromatic heterocycles. The highest BCUT2D eigenvalue weighted by atomic mass is 32.2. The summed E-state index contributed by atoms with van der Waals surface area (Å²) < 4.78 is 11.8. The lowest BCUT2D eigenvalue weighted by Crippen LogP contribution is -2.34. The van der Waals surface area contributed by atoms with Gasteiger partial charge in [-0.2, -0.15) is 0 Å². The molecular formula is C22H28N2O6S2. The number of carboxylic acids is 1. The van der Waals surface area contributed by atoms with Gasteiger partial charge in [0, 0.05) is 26.1 Å². The molecule has 1 heterocycles. The first-order chi connectivity index (χ1) is 15.3. The molecule has 8 nitrogen and oxygen atoms in total. The Hall–Kier alpha value is -2.59. The van der Waals surface area contributed by atoms with Gasteiger partial charge in [0.1, 0.15) is 4.32 Å². The molecule has 1 saturated heterocycles. The number of likely N-dealkylation sites (N-methyl/N-ethyl adjacent to an activating group) is 1. The molecule has 0 bridgehead atoms. The van der Waals surface area contributed by atoms with Gasteiger partial charge in [0.15, 0.2) is 18.1 Å². The van der Waals surface area contributed by atoms with Gasteiger partial charge in [-0.15, -0.1) is 0 Å². The van der Waals surface area contributed by atoms with Crippen LogP contribution in [-0.4, -0.2) is 69.9 Å². The van der Waals surface area contributed by atoms with E-state index < -0.39 is 5.97 Å². The van der Waals surface area contributed by atoms with Gasteiger partial charge in [-0.05, 0) is 51.0 Å². The third-order valence-corrected chi connectivity index (χ3v) is 6.06. The molecule has 0 spiro atoms. The maximum Gasteiger partial charge on any atom is 0.303 e. The molecule has 2 amide bonds. The van der Waals surface area contributed by atoms with E-state index in [0.717, 1.165) is 5.56 Å². The Morgan fingerprint density at radius 2 is 1.91 bits per heavy atom. The highest BCUT2D eigenvalue weighted by Gasteiger charge is 2.31. The smallest absolute Gasteiger partial charge is 0.303 e. The van der Waals surface area contributed by atoms with E-state index in [1.807, 2.05) is 20.8 Å². The van der Waals surface area contributed by atoms with Crippen LogP contribution < -0.4 is 9.47 Å². The molecule has 0 radical (unpaired) electrons. The van der Waals surface area contributed by atoms with E-state index in [4.69, 9.17) is 26.8 Å². The molecule has 1 N–H and O–H groups in total. The lowest BCUT2D eigenvalue weighted by atomic mass is 10.2. The van der Waals surface area contributed by atoms with E-state index in [0.29, 0.717) is 46.8 Å². The first-order valence-corrected chi connectivity index (χ1v) is 11.7. The minimum Gasteiger partial charge on any atom is -0.490 e. The van der Waals surface area contributed by atoms with Gasteiger partial charge in [-0.25, -0.2) is 0 Å². The van der Waals surface area contributed by atoms with Gasteiger partial charge in [0.25, 0.3) is 11.8 Å². The predicted octanol–water partition coefficient (Wildman–Crippen LogP) is 3.40. The number of aliphatic carboxylic acids is 1. The number of carboxylic acid groups (broad SMARTS) is 1. The Kier molecular flexibility index (Phi) is 9.98. The number of amides is 2. The Balaban J connectivity index is 2.13. The van der Waals surface area contributed by atoms with Crippen molar-refractivity contribution in [3.8, 4) is 11.5 Å². The normalized spacial score (nSPS) is 14.7. The molecule has 1 aromatic rings. The van der Waals surface area contributed by atoms with E-state index in [1.54, 1.807) is 29.2 Å². The van der Waals surface area contributed by atoms with Crippen molar-refractivity contribution in [2.24, 2.45) is 0 Å². The van der Waals surface area contributed by atoms with Crippen molar-refractivity contribution in [1.82, 2.24) is 9.80 Å². The van der Waals surface area contributed by atoms with Crippen LogP contribution >= 0.6 is 24.0 Å². The standard InChI is InChI=1S/C22H28N2O6S2/c1-4-23(5-2)19(25)14-30-16-10-9-15(12-17(16)29-6-3)13-18-21(28)24(22(31)32-18)11-7-8-20(26)27/h9-10,12-13H,4-8,11,14H2,1-3H3,(H,26,27)/b18-13+. The Labute approximate surface area is 197 Å². The minimum absolute atomic E-state index is 0.0218. The number of ether oxygens (including phenoxy) is 2. The fraction of sp³-hybridized carbons (Fsp3) is 0.455. The first-order valence-electron chi connectivity index (χ1n) is 10.4. The van der Waals surface area contributed by atoms with E-state index >= 15 is 0 Å². The number of rotatable bonds is 12. The number of carbonyl (C=O) groups excluding carboxylic acids is 2. The van der Waals surface area contributed by atoms with Crippen LogP contribution in [-0.2, 0) is 14.4 Å². The quantitative estimate of drug-likeness (QED) is 0.359. The maximum atomic E-state index is 12.7. The summed E-state index contributed by atoms with van der Waals surface area (Å²) in [6, 6.07) is 5.23. The van der Waals surface area contributed by atoms with E-state index in [-0.39, 0.29) is 31.4 Å². The van der Waals surface area contributed by atoms with Crippen LogP contribution in [0.1, 0.15) is 39.2 Å². The van der Waals surface area contributed by atoms with Crippen LogP contribution in [0.2, 0.25) is 0 Å². The van der Waals surface area contributed by atoms with Crippen molar-refractivity contribution >= 4 is 52.2 Å². The Morgan fingerprint density at radius 3 is 2.53 bits per heavy atom. The first kappa shape index (κ1) is 25.7. The van der Waals surface area contributed by atoms with Crippen LogP contribution in [0.5, 0.6) is 11.5 Å². The molecule has 174 valence electrons. The summed E-state index contributed by atoms with van der Waals surface area (Å²) in [7, 11) is 0. The lowest BCUT2D eigenvalue weighted by molar-refractivity contribution is -0.137. The van der Waals surface area contributed by atoms with E-state index in [2.05, 4.69) is 0 Å². The van der Waals surface area contributed by atoms with Gasteiger partial charge in [0.2, 0.25) is 0 Å². The Bertz CT molecular complexity index is 898. The zero-order valence-corrected chi connectivity index (χ0v) is 20.1. The highest BCUT2D eigenvalue weighted by Crippen LogP contribution is 2.35. The largest absolute Gasteiger partial charge is 0.490 e. The van der Waals surface area contributed by atoms with E-state index in [1.165, 1.54) is 16.7 Å². The average Bonchev–Trinajstić information content (AvgIpc) is 3.01. The highest BCUT2D eigenvalue weighted by molar-refractivity contribution is 8.26. The molecule has 1 aliphatic rings. The zero-order valence-electron chi connectivity index (χ0n) is 18.5. The van der Waals surface area contributed by atoms with E-state index in [9.17, 15) is 14.4 Å². The predicted molar refractivity (Wildman–Crippen MR) is 128 cm³/mol. The molecular weight excluding hydrogens is 452 g/mol. The molecule has 0 aliphatic carbocycles. The number of benzene rings is 1. The number of hydrogen-bond donors (Lipinski definition) is 1. The lowest BCUT2D eigenvalue weighted by Gasteiger charge is -2.19. The van der Waals surface area contributed by atoms with Crippen LogP contribution in [0.4, 0.5) is 0 Å². The van der Waals surface area contributed by atoms with Crippen molar-refractivity contribution in [1.29, 1.82) is 0 Å². The van der Waals surface area contributed by atoms with Crippen molar-refractivity contribution < 1.29 is 29.0 Å². The summed E-state index contributed by atoms with van der Waals surface area (Å²) in [5, 5.41) is 8.78. The summed E-state index contributed by atoms with van der Waals surface area (Å²) in [6.07, 6.45) is 2.03. The van der Waals surface area contributed by atoms with Gasteiger partial charge >= 0.3 is 5.97 Å². The number of carbonyl (C=O) groups is 3. The maximum absolute atomic E-state index is 12.7. The number of thiocarbonyl (C=S) groups is 1. The van der Waals surface area contributed by atoms with Crippen LogP contribution in [0, 0.1) is 0 Å². The van der Waals surface area contributed by atoms with Gasteiger partial charge in [-0.1, -0.05) is 30.0 Å². The molecule has 1 aromatic carbocycles. The molecule has 2 rings (SSSR count). The van der Waals surface area contributed by atoms with Crippen molar-refractivity contribution in [3.63, 3.8) is 0 Å². The van der Waals surface area contributed by atoms with Crippen LogP contribution in [0.25, 0.3) is 6.08 Å². The van der Waals surface area contributed by atoms with Crippen LogP contribution in [0.3, 0.4) is 0 Å². The van der Waals surface area contributed by atoms with Crippen molar-refractivity contribution in [2.75, 3.05) is 32.8 Å². The molecule has 0 unspecified atom stereocenters. The molecule has 1 fully saturated rings. The minimum atomic E-state index is -0.907. The van der Waals surface area contributed by atoms with Crippen LogP contribution in [0.15, 0.2) is 23.1 Å². The fourth-order valence-corrected chi connectivity index (χ4v) is 4.35. The second kappa shape index (κ2) is 12.4. The van der Waals surface area contributed by atoms with Crippen molar-refractivity contribution in [2.45, 2.75) is 33.6 Å². The Morgan fingerprint density at radius 1 is 1.19 bits per heavy atom. The monoisotopic (exact) mass is 480 g/mol. The number of nitrogens with zero attached hydrogens (tertiary/aromatic N) is 2. The fourth-order valence-electron chi connectivity index (χ4n) is 3.04. The van der Waals surface area contributed by atoms with Crippen molar-refractivity contribution in [3.05, 3.63) is 28.7 Å². The second-order valence-corrected chi connectivity index (χ2v) is 8.50. The summed E-state index contributed by atoms with van der Waals surface area (Å²) >= 11 is 6.46. The molecule has 32 heavy (non-hydrogen) atoms. The molecule has 0 atom stereocenters. The zero-order chi connectivity index (χ0) is 23.7. The van der Waals surface area contributed by atoms with Gasteiger partial charge < -0.3 is 19.5 Å². The average molecular weight is 481 g/mol. The number of thioether (sulfide) groups is 1. The second-order valence-electron chi connectivity index (χ2n) is 6.82. The third kappa shape index (κ3) is 6.96. The van der Waals surface area contributed by atoms with Gasteiger partial charge in [-0.3, -0.25) is 19.3 Å². The molecule has 1 aliphatic heterocycles. The summed E-state index contributed by atoms with van der Waals surface area (Å²) in [4.78, 5) is 39.2. The summed E-state index contributed by atoms with van der Waals surface area (Å²) in [6.45, 7) is 7.50. The number of hydrogen-bond acceptors (Lipinski definition) is 7.